The highest BCUT2D eigenvalue weighted by Crippen LogP contribution is 2.27. The number of sulfonamides is 2. The minimum atomic E-state index is -3.66. The molecule has 1 atom stereocenters. The van der Waals surface area contributed by atoms with Gasteiger partial charge in [0.1, 0.15) is 0 Å². The van der Waals surface area contributed by atoms with Crippen molar-refractivity contribution in [2.24, 2.45) is 0 Å². The predicted molar refractivity (Wildman–Crippen MR) is 128 cm³/mol. The van der Waals surface area contributed by atoms with Gasteiger partial charge < -0.3 is 0 Å². The van der Waals surface area contributed by atoms with Crippen LogP contribution in [0.4, 0.5) is 0 Å². The van der Waals surface area contributed by atoms with Gasteiger partial charge in [-0.1, -0.05) is 58.9 Å². The van der Waals surface area contributed by atoms with Crippen LogP contribution in [0, 0.1) is 0 Å². The highest BCUT2D eigenvalue weighted by Gasteiger charge is 2.34. The van der Waals surface area contributed by atoms with Crippen LogP contribution < -0.4 is 0 Å². The van der Waals surface area contributed by atoms with E-state index in [2.05, 4.69) is 34.6 Å². The summed E-state index contributed by atoms with van der Waals surface area (Å²) in [5.41, 5.74) is 2.11. The molecule has 1 saturated heterocycles. The van der Waals surface area contributed by atoms with E-state index in [1.54, 1.807) is 24.3 Å². The molecule has 0 N–H and O–H groups in total. The van der Waals surface area contributed by atoms with Gasteiger partial charge in [-0.05, 0) is 53.1 Å². The topological polar surface area (TPSA) is 74.8 Å². The summed E-state index contributed by atoms with van der Waals surface area (Å²) < 4.78 is 55.0. The number of rotatable bonds is 6. The maximum atomic E-state index is 13.1. The molecule has 0 saturated carbocycles. The third-order valence-corrected chi connectivity index (χ3v) is 10.1. The van der Waals surface area contributed by atoms with Crippen LogP contribution in [0.25, 0.3) is 0 Å². The van der Waals surface area contributed by atoms with Crippen LogP contribution in [0.3, 0.4) is 0 Å². The Morgan fingerprint density at radius 2 is 1.12 bits per heavy atom. The second kappa shape index (κ2) is 9.25. The molecule has 0 aromatic heterocycles. The molecule has 0 bridgehead atoms. The molecule has 0 aliphatic carbocycles. The van der Waals surface area contributed by atoms with Gasteiger partial charge in [0, 0.05) is 26.2 Å². The first-order valence-corrected chi connectivity index (χ1v) is 14.0. The monoisotopic (exact) mass is 478 g/mol. The SMILES string of the molecule is CCC(C)c1ccc(S(=O)(=O)N2CCN(S(=O)(=O)c3ccc(C(C)(C)C)cc3)CC2)cc1. The van der Waals surface area contributed by atoms with Crippen LogP contribution in [0.5, 0.6) is 0 Å². The third-order valence-electron chi connectivity index (χ3n) is 6.26. The fourth-order valence-corrected chi connectivity index (χ4v) is 6.62. The van der Waals surface area contributed by atoms with E-state index in [0.717, 1.165) is 17.5 Å². The number of hydrogen-bond donors (Lipinski definition) is 0. The molecule has 0 radical (unpaired) electrons. The van der Waals surface area contributed by atoms with Crippen LogP contribution in [-0.4, -0.2) is 51.6 Å². The van der Waals surface area contributed by atoms with Crippen molar-refractivity contribution >= 4 is 20.0 Å². The summed E-state index contributed by atoms with van der Waals surface area (Å²) in [5, 5.41) is 0. The third kappa shape index (κ3) is 5.09. The van der Waals surface area contributed by atoms with E-state index in [1.807, 2.05) is 24.3 Å². The molecule has 0 amide bonds. The van der Waals surface area contributed by atoms with Crippen molar-refractivity contribution < 1.29 is 16.8 Å². The van der Waals surface area contributed by atoms with Crippen LogP contribution in [0.15, 0.2) is 58.3 Å². The quantitative estimate of drug-likeness (QED) is 0.624. The Morgan fingerprint density at radius 3 is 1.47 bits per heavy atom. The molecular formula is C24H34N2O4S2. The van der Waals surface area contributed by atoms with Gasteiger partial charge in [-0.3, -0.25) is 0 Å². The Labute approximate surface area is 193 Å². The predicted octanol–water partition coefficient (Wildman–Crippen LogP) is 4.19. The molecule has 176 valence electrons. The van der Waals surface area contributed by atoms with E-state index in [-0.39, 0.29) is 41.4 Å². The summed E-state index contributed by atoms with van der Waals surface area (Å²) in [6.45, 7) is 11.0. The smallest absolute Gasteiger partial charge is 0.207 e. The van der Waals surface area contributed by atoms with E-state index in [0.29, 0.717) is 5.92 Å². The Kier molecular flexibility index (Phi) is 7.20. The Morgan fingerprint density at radius 1 is 0.750 bits per heavy atom. The van der Waals surface area contributed by atoms with Gasteiger partial charge in [0.2, 0.25) is 20.0 Å². The van der Waals surface area contributed by atoms with Gasteiger partial charge in [-0.2, -0.15) is 8.61 Å². The summed E-state index contributed by atoms with van der Waals surface area (Å²) in [6, 6.07) is 14.0. The van der Waals surface area contributed by atoms with Gasteiger partial charge in [0.05, 0.1) is 9.79 Å². The van der Waals surface area contributed by atoms with E-state index in [1.165, 1.54) is 8.61 Å². The molecule has 1 heterocycles. The first-order valence-electron chi connectivity index (χ1n) is 11.1. The van der Waals surface area contributed by atoms with Crippen LogP contribution >= 0.6 is 0 Å². The van der Waals surface area contributed by atoms with Gasteiger partial charge in [-0.15, -0.1) is 0 Å². The molecule has 6 nitrogen and oxygen atoms in total. The lowest BCUT2D eigenvalue weighted by molar-refractivity contribution is 0.273. The molecule has 1 unspecified atom stereocenters. The van der Waals surface area contributed by atoms with E-state index < -0.39 is 20.0 Å². The normalized spacial score (nSPS) is 17.9. The summed E-state index contributed by atoms with van der Waals surface area (Å²) >= 11 is 0. The standard InChI is InChI=1S/C24H34N2O4S2/c1-6-19(2)20-7-11-22(12-8-20)31(27,28)25-15-17-26(18-16-25)32(29,30)23-13-9-21(10-14-23)24(3,4)5/h7-14,19H,6,15-18H2,1-5H3. The van der Waals surface area contributed by atoms with E-state index in [9.17, 15) is 16.8 Å². The van der Waals surface area contributed by atoms with Crippen molar-refractivity contribution in [3.05, 3.63) is 59.7 Å². The zero-order valence-electron chi connectivity index (χ0n) is 19.6. The Balaban J connectivity index is 1.71. The molecule has 8 heteroatoms. The zero-order valence-corrected chi connectivity index (χ0v) is 21.2. The summed E-state index contributed by atoms with van der Waals surface area (Å²) in [6.07, 6.45) is 0.988. The van der Waals surface area contributed by atoms with Crippen LogP contribution in [0.2, 0.25) is 0 Å². The van der Waals surface area contributed by atoms with Crippen molar-refractivity contribution in [2.75, 3.05) is 26.2 Å². The maximum absolute atomic E-state index is 13.1. The van der Waals surface area contributed by atoms with E-state index in [4.69, 9.17) is 0 Å². The molecule has 0 spiro atoms. The fourth-order valence-electron chi connectivity index (χ4n) is 3.78. The summed E-state index contributed by atoms with van der Waals surface area (Å²) in [5.74, 6) is 0.373. The van der Waals surface area contributed by atoms with E-state index >= 15 is 0 Å². The molecule has 1 aliphatic heterocycles. The van der Waals surface area contributed by atoms with Crippen molar-refractivity contribution in [1.82, 2.24) is 8.61 Å². The second-order valence-corrected chi connectivity index (χ2v) is 13.3. The second-order valence-electron chi connectivity index (χ2n) is 9.46. The number of benzene rings is 2. The number of piperazine rings is 1. The van der Waals surface area contributed by atoms with Gasteiger partial charge in [0.15, 0.2) is 0 Å². The molecule has 32 heavy (non-hydrogen) atoms. The zero-order chi connectivity index (χ0) is 23.7. The molecule has 2 aromatic rings. The molecule has 3 rings (SSSR count). The Bertz CT molecular complexity index is 1130. The number of hydrogen-bond acceptors (Lipinski definition) is 4. The first kappa shape index (κ1) is 24.9. The minimum Gasteiger partial charge on any atom is -0.207 e. The fraction of sp³-hybridized carbons (Fsp3) is 0.500. The number of nitrogens with zero attached hydrogens (tertiary/aromatic N) is 2. The maximum Gasteiger partial charge on any atom is 0.243 e. The van der Waals surface area contributed by atoms with Crippen LogP contribution in [-0.2, 0) is 25.5 Å². The molecular weight excluding hydrogens is 444 g/mol. The molecule has 2 aromatic carbocycles. The molecule has 1 fully saturated rings. The lowest BCUT2D eigenvalue weighted by atomic mass is 9.87. The van der Waals surface area contributed by atoms with Crippen LogP contribution in [0.1, 0.15) is 58.1 Å². The van der Waals surface area contributed by atoms with Crippen molar-refractivity contribution in [2.45, 2.75) is 62.2 Å². The summed E-state index contributed by atoms with van der Waals surface area (Å²) in [7, 11) is -7.32. The lowest BCUT2D eigenvalue weighted by Gasteiger charge is -2.33. The Hall–Kier alpha value is -1.74. The van der Waals surface area contributed by atoms with Gasteiger partial charge in [0.25, 0.3) is 0 Å². The van der Waals surface area contributed by atoms with Gasteiger partial charge in [-0.25, -0.2) is 16.8 Å². The van der Waals surface area contributed by atoms with Gasteiger partial charge >= 0.3 is 0 Å². The highest BCUT2D eigenvalue weighted by molar-refractivity contribution is 7.89. The minimum absolute atomic E-state index is 0.0605. The van der Waals surface area contributed by atoms with Crippen molar-refractivity contribution in [3.8, 4) is 0 Å². The first-order chi connectivity index (χ1) is 14.9. The summed E-state index contributed by atoms with van der Waals surface area (Å²) in [4.78, 5) is 0.487. The van der Waals surface area contributed by atoms with Crippen molar-refractivity contribution in [1.29, 1.82) is 0 Å². The largest absolute Gasteiger partial charge is 0.243 e. The molecule has 1 aliphatic rings. The lowest BCUT2D eigenvalue weighted by Crippen LogP contribution is -2.50. The average molecular weight is 479 g/mol. The van der Waals surface area contributed by atoms with Crippen molar-refractivity contribution in [3.63, 3.8) is 0 Å². The highest BCUT2D eigenvalue weighted by atomic mass is 32.2. The average Bonchev–Trinajstić information content (AvgIpc) is 2.78.